The van der Waals surface area contributed by atoms with Crippen LogP contribution in [0, 0.1) is 12.7 Å². The average Bonchev–Trinajstić information content (AvgIpc) is 2.95. The van der Waals surface area contributed by atoms with E-state index in [0.717, 1.165) is 15.7 Å². The van der Waals surface area contributed by atoms with E-state index in [1.807, 2.05) is 37.3 Å². The summed E-state index contributed by atoms with van der Waals surface area (Å²) in [4.78, 5) is 0. The average molecular weight is 379 g/mol. The number of thioether (sulfide) groups is 1. The zero-order chi connectivity index (χ0) is 15.5. The molecule has 1 heterocycles. The number of aryl methyl sites for hydroxylation is 1. The van der Waals surface area contributed by atoms with Gasteiger partial charge in [-0.1, -0.05) is 52.0 Å². The molecule has 1 aromatic heterocycles. The summed E-state index contributed by atoms with van der Waals surface area (Å²) in [5, 5.41) is 12.4. The Bertz CT molecular complexity index is 806. The molecule has 0 amide bonds. The standard InChI is InChI=1S/C15H12BrFN4S/c1-10-4-2-3-5-14(10)21-15(18-19-20-21)22-9-11-6-7-12(16)8-13(11)17/h2-8H,9H2,1H3. The van der Waals surface area contributed by atoms with Crippen molar-refractivity contribution in [1.29, 1.82) is 0 Å². The van der Waals surface area contributed by atoms with Gasteiger partial charge in [0, 0.05) is 10.2 Å². The highest BCUT2D eigenvalue weighted by molar-refractivity contribution is 9.10. The Morgan fingerprint density at radius 1 is 1.23 bits per heavy atom. The Labute approximate surface area is 139 Å². The van der Waals surface area contributed by atoms with Crippen molar-refractivity contribution in [3.8, 4) is 5.69 Å². The zero-order valence-corrected chi connectivity index (χ0v) is 14.1. The van der Waals surface area contributed by atoms with Gasteiger partial charge in [0.15, 0.2) is 0 Å². The van der Waals surface area contributed by atoms with Crippen LogP contribution >= 0.6 is 27.7 Å². The monoisotopic (exact) mass is 378 g/mol. The Kier molecular flexibility index (Phi) is 4.54. The second-order valence-electron chi connectivity index (χ2n) is 4.68. The lowest BCUT2D eigenvalue weighted by atomic mass is 10.2. The van der Waals surface area contributed by atoms with Crippen molar-refractivity contribution in [3.63, 3.8) is 0 Å². The van der Waals surface area contributed by atoms with Gasteiger partial charge in [-0.25, -0.2) is 4.39 Å². The lowest BCUT2D eigenvalue weighted by Gasteiger charge is -2.07. The molecule has 0 aliphatic heterocycles. The van der Waals surface area contributed by atoms with Crippen LogP contribution in [0.1, 0.15) is 11.1 Å². The third kappa shape index (κ3) is 3.20. The molecule has 0 spiro atoms. The molecule has 0 aliphatic rings. The summed E-state index contributed by atoms with van der Waals surface area (Å²) in [6.45, 7) is 2.00. The lowest BCUT2D eigenvalue weighted by molar-refractivity contribution is 0.616. The summed E-state index contributed by atoms with van der Waals surface area (Å²) in [5.74, 6) is 0.225. The van der Waals surface area contributed by atoms with E-state index < -0.39 is 0 Å². The number of aromatic nitrogens is 4. The molecular weight excluding hydrogens is 367 g/mol. The van der Waals surface area contributed by atoms with Crippen LogP contribution in [0.25, 0.3) is 5.69 Å². The number of halogens is 2. The minimum absolute atomic E-state index is 0.239. The van der Waals surface area contributed by atoms with Crippen molar-refractivity contribution in [1.82, 2.24) is 20.2 Å². The maximum Gasteiger partial charge on any atom is 0.214 e. The molecule has 0 unspecified atom stereocenters. The zero-order valence-electron chi connectivity index (χ0n) is 11.7. The van der Waals surface area contributed by atoms with Gasteiger partial charge in [-0.3, -0.25) is 0 Å². The molecule has 0 saturated carbocycles. The normalized spacial score (nSPS) is 10.9. The molecule has 0 N–H and O–H groups in total. The van der Waals surface area contributed by atoms with Crippen LogP contribution in [0.15, 0.2) is 52.1 Å². The van der Waals surface area contributed by atoms with Crippen LogP contribution in [0.5, 0.6) is 0 Å². The first kappa shape index (κ1) is 15.2. The molecule has 0 saturated heterocycles. The van der Waals surface area contributed by atoms with Crippen molar-refractivity contribution in [3.05, 3.63) is 63.9 Å². The lowest BCUT2D eigenvalue weighted by Crippen LogP contribution is -2.01. The number of rotatable bonds is 4. The fourth-order valence-corrected chi connectivity index (χ4v) is 3.21. The molecular formula is C15H12BrFN4S. The van der Waals surface area contributed by atoms with Gasteiger partial charge in [-0.15, -0.1) is 5.10 Å². The van der Waals surface area contributed by atoms with E-state index in [2.05, 4.69) is 31.5 Å². The molecule has 112 valence electrons. The van der Waals surface area contributed by atoms with Crippen LogP contribution in [0.2, 0.25) is 0 Å². The largest absolute Gasteiger partial charge is 0.214 e. The fraction of sp³-hybridized carbons (Fsp3) is 0.133. The van der Waals surface area contributed by atoms with Gasteiger partial charge in [0.1, 0.15) is 5.82 Å². The van der Waals surface area contributed by atoms with Crippen molar-refractivity contribution in [2.75, 3.05) is 0 Å². The van der Waals surface area contributed by atoms with Gasteiger partial charge < -0.3 is 0 Å². The molecule has 0 bridgehead atoms. The number of hydrogen-bond acceptors (Lipinski definition) is 4. The van der Waals surface area contributed by atoms with Crippen LogP contribution in [0.3, 0.4) is 0 Å². The van der Waals surface area contributed by atoms with E-state index in [4.69, 9.17) is 0 Å². The SMILES string of the molecule is Cc1ccccc1-n1nnnc1SCc1ccc(Br)cc1F. The topological polar surface area (TPSA) is 43.6 Å². The maximum absolute atomic E-state index is 13.9. The fourth-order valence-electron chi connectivity index (χ4n) is 2.00. The highest BCUT2D eigenvalue weighted by atomic mass is 79.9. The number of tetrazole rings is 1. The minimum Gasteiger partial charge on any atom is -0.207 e. The summed E-state index contributed by atoms with van der Waals surface area (Å²) in [6.07, 6.45) is 0. The number of para-hydroxylation sites is 1. The third-order valence-electron chi connectivity index (χ3n) is 3.16. The van der Waals surface area contributed by atoms with E-state index in [9.17, 15) is 4.39 Å². The Morgan fingerprint density at radius 2 is 2.05 bits per heavy atom. The quantitative estimate of drug-likeness (QED) is 0.639. The molecule has 4 nitrogen and oxygen atoms in total. The predicted molar refractivity (Wildman–Crippen MR) is 87.6 cm³/mol. The summed E-state index contributed by atoms with van der Waals surface area (Å²) in [7, 11) is 0. The van der Waals surface area contributed by atoms with Gasteiger partial charge in [0.2, 0.25) is 5.16 Å². The third-order valence-corrected chi connectivity index (χ3v) is 4.62. The molecule has 22 heavy (non-hydrogen) atoms. The summed E-state index contributed by atoms with van der Waals surface area (Å²) >= 11 is 4.65. The minimum atomic E-state index is -0.239. The Morgan fingerprint density at radius 3 is 2.82 bits per heavy atom. The molecule has 0 fully saturated rings. The highest BCUT2D eigenvalue weighted by Crippen LogP contribution is 2.26. The van der Waals surface area contributed by atoms with Crippen molar-refractivity contribution >= 4 is 27.7 Å². The van der Waals surface area contributed by atoms with Gasteiger partial charge in [-0.05, 0) is 46.7 Å². The van der Waals surface area contributed by atoms with E-state index in [1.54, 1.807) is 10.7 Å². The van der Waals surface area contributed by atoms with Crippen LogP contribution in [0.4, 0.5) is 4.39 Å². The van der Waals surface area contributed by atoms with Crippen LogP contribution in [-0.2, 0) is 5.75 Å². The van der Waals surface area contributed by atoms with Crippen LogP contribution in [-0.4, -0.2) is 20.2 Å². The first-order valence-corrected chi connectivity index (χ1v) is 8.34. The van der Waals surface area contributed by atoms with Crippen molar-refractivity contribution in [2.45, 2.75) is 17.8 Å². The highest BCUT2D eigenvalue weighted by Gasteiger charge is 2.12. The Balaban J connectivity index is 1.83. The first-order valence-electron chi connectivity index (χ1n) is 6.56. The van der Waals surface area contributed by atoms with Gasteiger partial charge in [0.25, 0.3) is 0 Å². The maximum atomic E-state index is 13.9. The molecule has 7 heteroatoms. The van der Waals surface area contributed by atoms with Gasteiger partial charge >= 0.3 is 0 Å². The number of hydrogen-bond donors (Lipinski definition) is 0. The van der Waals surface area contributed by atoms with E-state index in [-0.39, 0.29) is 5.82 Å². The molecule has 3 rings (SSSR count). The smallest absolute Gasteiger partial charge is 0.207 e. The van der Waals surface area contributed by atoms with E-state index >= 15 is 0 Å². The van der Waals surface area contributed by atoms with Gasteiger partial charge in [0.05, 0.1) is 5.69 Å². The molecule has 0 aliphatic carbocycles. The predicted octanol–water partition coefficient (Wildman–Crippen LogP) is 4.16. The van der Waals surface area contributed by atoms with E-state index in [1.165, 1.54) is 17.8 Å². The molecule has 0 radical (unpaired) electrons. The second kappa shape index (κ2) is 6.58. The summed E-state index contributed by atoms with van der Waals surface area (Å²) < 4.78 is 16.3. The number of nitrogens with zero attached hydrogens (tertiary/aromatic N) is 4. The molecule has 0 atom stereocenters. The van der Waals surface area contributed by atoms with Crippen LogP contribution < -0.4 is 0 Å². The summed E-state index contributed by atoms with van der Waals surface area (Å²) in [6, 6.07) is 12.9. The van der Waals surface area contributed by atoms with Gasteiger partial charge in [-0.2, -0.15) is 4.68 Å². The number of benzene rings is 2. The molecule has 2 aromatic carbocycles. The van der Waals surface area contributed by atoms with Crippen molar-refractivity contribution in [2.24, 2.45) is 0 Å². The molecule has 3 aromatic rings. The second-order valence-corrected chi connectivity index (χ2v) is 6.54. The Hall–Kier alpha value is -1.73. The van der Waals surface area contributed by atoms with E-state index in [0.29, 0.717) is 16.5 Å². The first-order chi connectivity index (χ1) is 10.6. The van der Waals surface area contributed by atoms with Crippen molar-refractivity contribution < 1.29 is 4.39 Å². The summed E-state index contributed by atoms with van der Waals surface area (Å²) in [5.41, 5.74) is 2.62.